The second kappa shape index (κ2) is 6.02. The third-order valence-electron chi connectivity index (χ3n) is 4.73. The van der Waals surface area contributed by atoms with Crippen molar-refractivity contribution in [2.45, 2.75) is 30.2 Å². The Kier molecular flexibility index (Phi) is 3.87. The van der Waals surface area contributed by atoms with Gasteiger partial charge in [0, 0.05) is 6.42 Å². The monoisotopic (exact) mass is 325 g/mol. The zero-order valence-corrected chi connectivity index (χ0v) is 13.6. The molecule has 4 heteroatoms. The van der Waals surface area contributed by atoms with Crippen LogP contribution in [0.2, 0.25) is 0 Å². The normalized spacial score (nSPS) is 25.5. The molecule has 1 heterocycles. The number of thioether (sulfide) groups is 1. The molecule has 0 fully saturated rings. The molecule has 0 radical (unpaired) electrons. The van der Waals surface area contributed by atoms with Crippen LogP contribution in [0.5, 0.6) is 0 Å². The molecule has 0 saturated heterocycles. The number of aliphatic hydroxyl groups excluding tert-OH is 1. The Bertz CT molecular complexity index is 746. The fraction of sp³-hybridized carbons (Fsp3) is 0.316. The molecule has 2 aromatic rings. The number of nitrogens with one attached hydrogen (secondary N) is 1. The largest absolute Gasteiger partial charge is 0.390 e. The van der Waals surface area contributed by atoms with E-state index in [1.807, 2.05) is 42.5 Å². The van der Waals surface area contributed by atoms with Crippen LogP contribution in [0, 0.1) is 0 Å². The molecule has 3 unspecified atom stereocenters. The van der Waals surface area contributed by atoms with Gasteiger partial charge in [-0.05, 0) is 34.4 Å². The number of aliphatic hydroxyl groups is 1. The lowest BCUT2D eigenvalue weighted by Crippen LogP contribution is -2.37. The summed E-state index contributed by atoms with van der Waals surface area (Å²) < 4.78 is 0. The van der Waals surface area contributed by atoms with E-state index in [1.54, 1.807) is 11.8 Å². The Hall–Kier alpha value is -1.78. The van der Waals surface area contributed by atoms with Crippen LogP contribution in [0.3, 0.4) is 0 Å². The minimum atomic E-state index is -0.541. The first-order valence-corrected chi connectivity index (χ1v) is 9.04. The van der Waals surface area contributed by atoms with Gasteiger partial charge in [0.05, 0.1) is 12.1 Å². The first-order valence-electron chi connectivity index (χ1n) is 7.99. The van der Waals surface area contributed by atoms with Gasteiger partial charge in [-0.1, -0.05) is 48.5 Å². The van der Waals surface area contributed by atoms with E-state index in [4.69, 9.17) is 0 Å². The number of carbonyl (C=O) groups excluding carboxylic acids is 1. The van der Waals surface area contributed by atoms with E-state index in [2.05, 4.69) is 11.4 Å². The summed E-state index contributed by atoms with van der Waals surface area (Å²) in [6.07, 6.45) is 1.08. The quantitative estimate of drug-likeness (QED) is 0.893. The summed E-state index contributed by atoms with van der Waals surface area (Å²) in [5.74, 6) is 0.960. The number of aryl methyl sites for hydroxylation is 1. The molecule has 1 aliphatic heterocycles. The molecule has 3 nitrogen and oxygen atoms in total. The van der Waals surface area contributed by atoms with Crippen LogP contribution in [-0.2, 0) is 17.6 Å². The third-order valence-corrected chi connectivity index (χ3v) is 5.97. The van der Waals surface area contributed by atoms with E-state index >= 15 is 0 Å². The standard InChI is InChI=1S/C19H19NO2S/c21-16-11-13-6-2-3-7-14(13)17(16)20-19(22)18-15-8-4-1-5-12(15)9-10-23-18/h1-8,16-18,21H,9-11H2,(H,20,22). The topological polar surface area (TPSA) is 49.3 Å². The molecule has 2 aliphatic rings. The van der Waals surface area contributed by atoms with Crippen molar-refractivity contribution in [1.29, 1.82) is 0 Å². The lowest BCUT2D eigenvalue weighted by Gasteiger charge is -2.27. The lowest BCUT2D eigenvalue weighted by atomic mass is 10.0. The van der Waals surface area contributed by atoms with Gasteiger partial charge in [-0.3, -0.25) is 4.79 Å². The number of benzene rings is 2. The first kappa shape index (κ1) is 14.8. The fourth-order valence-corrected chi connectivity index (χ4v) is 4.79. The van der Waals surface area contributed by atoms with Gasteiger partial charge >= 0.3 is 0 Å². The molecule has 118 valence electrons. The number of hydrogen-bond acceptors (Lipinski definition) is 3. The summed E-state index contributed by atoms with van der Waals surface area (Å²) in [5.41, 5.74) is 4.55. The molecular formula is C19H19NO2S. The van der Waals surface area contributed by atoms with Gasteiger partial charge < -0.3 is 10.4 Å². The highest BCUT2D eigenvalue weighted by Crippen LogP contribution is 2.38. The number of rotatable bonds is 2. The molecule has 0 spiro atoms. The zero-order valence-electron chi connectivity index (χ0n) is 12.7. The molecule has 3 atom stereocenters. The van der Waals surface area contributed by atoms with Crippen molar-refractivity contribution < 1.29 is 9.90 Å². The van der Waals surface area contributed by atoms with Gasteiger partial charge in [0.1, 0.15) is 5.25 Å². The summed E-state index contributed by atoms with van der Waals surface area (Å²) in [5, 5.41) is 13.2. The Morgan fingerprint density at radius 1 is 1.04 bits per heavy atom. The summed E-state index contributed by atoms with van der Waals surface area (Å²) in [7, 11) is 0. The predicted molar refractivity (Wildman–Crippen MR) is 92.4 cm³/mol. The molecule has 2 N–H and O–H groups in total. The van der Waals surface area contributed by atoms with E-state index in [1.165, 1.54) is 5.56 Å². The molecule has 1 amide bonds. The maximum Gasteiger partial charge on any atom is 0.238 e. The summed E-state index contributed by atoms with van der Waals surface area (Å²) in [6, 6.07) is 15.8. The van der Waals surface area contributed by atoms with Crippen LogP contribution >= 0.6 is 11.8 Å². The predicted octanol–water partition coefficient (Wildman–Crippen LogP) is 2.79. The average Bonchev–Trinajstić information content (AvgIpc) is 2.90. The van der Waals surface area contributed by atoms with Crippen molar-refractivity contribution in [2.75, 3.05) is 5.75 Å². The van der Waals surface area contributed by atoms with Gasteiger partial charge in [0.25, 0.3) is 0 Å². The molecule has 0 saturated carbocycles. The Morgan fingerprint density at radius 2 is 1.74 bits per heavy atom. The number of hydrogen-bond donors (Lipinski definition) is 2. The van der Waals surface area contributed by atoms with Crippen molar-refractivity contribution in [3.8, 4) is 0 Å². The molecule has 2 aromatic carbocycles. The van der Waals surface area contributed by atoms with Crippen LogP contribution in [-0.4, -0.2) is 22.9 Å². The summed E-state index contributed by atoms with van der Waals surface area (Å²) in [4.78, 5) is 12.8. The van der Waals surface area contributed by atoms with Gasteiger partial charge in [-0.2, -0.15) is 0 Å². The third kappa shape index (κ3) is 2.66. The highest BCUT2D eigenvalue weighted by molar-refractivity contribution is 8.00. The maximum atomic E-state index is 12.8. The SMILES string of the molecule is O=C(NC1c2ccccc2CC1O)C1SCCc2ccccc21. The minimum absolute atomic E-state index is 0.00269. The molecule has 23 heavy (non-hydrogen) atoms. The van der Waals surface area contributed by atoms with Gasteiger partial charge in [-0.15, -0.1) is 11.8 Å². The summed E-state index contributed by atoms with van der Waals surface area (Å²) in [6.45, 7) is 0. The van der Waals surface area contributed by atoms with Crippen molar-refractivity contribution >= 4 is 17.7 Å². The maximum absolute atomic E-state index is 12.8. The highest BCUT2D eigenvalue weighted by Gasteiger charge is 2.35. The Labute approximate surface area is 140 Å². The average molecular weight is 325 g/mol. The molecule has 0 bridgehead atoms. The summed E-state index contributed by atoms with van der Waals surface area (Å²) >= 11 is 1.69. The Morgan fingerprint density at radius 3 is 2.57 bits per heavy atom. The smallest absolute Gasteiger partial charge is 0.238 e. The second-order valence-electron chi connectivity index (χ2n) is 6.16. The van der Waals surface area contributed by atoms with Gasteiger partial charge in [0.2, 0.25) is 5.91 Å². The molecule has 1 aliphatic carbocycles. The lowest BCUT2D eigenvalue weighted by molar-refractivity contribution is -0.122. The Balaban J connectivity index is 1.58. The number of amides is 1. The number of fused-ring (bicyclic) bond motifs is 2. The van der Waals surface area contributed by atoms with Crippen molar-refractivity contribution in [1.82, 2.24) is 5.32 Å². The van der Waals surface area contributed by atoms with E-state index in [-0.39, 0.29) is 17.2 Å². The van der Waals surface area contributed by atoms with E-state index in [0.717, 1.165) is 28.9 Å². The van der Waals surface area contributed by atoms with Crippen molar-refractivity contribution in [2.24, 2.45) is 0 Å². The van der Waals surface area contributed by atoms with E-state index < -0.39 is 6.10 Å². The van der Waals surface area contributed by atoms with Crippen LogP contribution in [0.1, 0.15) is 33.5 Å². The van der Waals surface area contributed by atoms with E-state index in [9.17, 15) is 9.90 Å². The highest BCUT2D eigenvalue weighted by atomic mass is 32.2. The van der Waals surface area contributed by atoms with Crippen LogP contribution in [0.15, 0.2) is 48.5 Å². The number of carbonyl (C=O) groups is 1. The van der Waals surface area contributed by atoms with Crippen molar-refractivity contribution in [3.05, 3.63) is 70.8 Å². The molecule has 0 aromatic heterocycles. The van der Waals surface area contributed by atoms with Crippen LogP contribution in [0.25, 0.3) is 0 Å². The van der Waals surface area contributed by atoms with Gasteiger partial charge in [0.15, 0.2) is 0 Å². The van der Waals surface area contributed by atoms with E-state index in [0.29, 0.717) is 6.42 Å². The van der Waals surface area contributed by atoms with Crippen LogP contribution < -0.4 is 5.32 Å². The van der Waals surface area contributed by atoms with Crippen LogP contribution in [0.4, 0.5) is 0 Å². The molecular weight excluding hydrogens is 306 g/mol. The second-order valence-corrected chi connectivity index (χ2v) is 7.37. The fourth-order valence-electron chi connectivity index (χ4n) is 3.59. The zero-order chi connectivity index (χ0) is 15.8. The van der Waals surface area contributed by atoms with Gasteiger partial charge in [-0.25, -0.2) is 0 Å². The van der Waals surface area contributed by atoms with Crippen molar-refractivity contribution in [3.63, 3.8) is 0 Å². The molecule has 4 rings (SSSR count). The first-order chi connectivity index (χ1) is 11.2. The minimum Gasteiger partial charge on any atom is -0.390 e.